The van der Waals surface area contributed by atoms with E-state index in [0.29, 0.717) is 17.7 Å². The number of hydrogen-bond acceptors (Lipinski definition) is 4. The maximum absolute atomic E-state index is 11.7. The Kier molecular flexibility index (Phi) is 3.25. The summed E-state index contributed by atoms with van der Waals surface area (Å²) in [4.78, 5) is 13.9. The molecule has 1 fully saturated rings. The second-order valence-corrected chi connectivity index (χ2v) is 5.05. The minimum atomic E-state index is -0.647. The minimum Gasteiger partial charge on any atom is -0.502 e. The van der Waals surface area contributed by atoms with Crippen molar-refractivity contribution in [3.63, 3.8) is 0 Å². The highest BCUT2D eigenvalue weighted by Crippen LogP contribution is 2.26. The van der Waals surface area contributed by atoms with Crippen molar-refractivity contribution >= 4 is 11.0 Å². The van der Waals surface area contributed by atoms with Gasteiger partial charge in [0.1, 0.15) is 5.58 Å². The Bertz CT molecular complexity index is 641. The molecule has 2 aromatic rings. The molecule has 4 nitrogen and oxygen atoms in total. The molecule has 0 radical (unpaired) electrons. The van der Waals surface area contributed by atoms with Crippen LogP contribution in [0.15, 0.2) is 33.5 Å². The summed E-state index contributed by atoms with van der Waals surface area (Å²) in [5.74, 6) is -0.246. The van der Waals surface area contributed by atoms with E-state index in [0.717, 1.165) is 18.5 Å². The molecular weight excluding hydrogens is 242 g/mol. The van der Waals surface area contributed by atoms with Crippen LogP contribution >= 0.6 is 0 Å². The molecule has 0 unspecified atom stereocenters. The third kappa shape index (κ3) is 2.36. The molecule has 1 aliphatic rings. The first-order valence-corrected chi connectivity index (χ1v) is 6.72. The van der Waals surface area contributed by atoms with Crippen molar-refractivity contribution in [1.29, 1.82) is 0 Å². The molecular formula is C15H17NO3. The third-order valence-corrected chi connectivity index (χ3v) is 3.72. The Labute approximate surface area is 111 Å². The number of rotatable bonds is 2. The smallest absolute Gasteiger partial charge is 0.379 e. The van der Waals surface area contributed by atoms with Gasteiger partial charge in [-0.3, -0.25) is 4.90 Å². The number of para-hydroxylation sites is 1. The van der Waals surface area contributed by atoms with E-state index in [1.54, 1.807) is 6.07 Å². The van der Waals surface area contributed by atoms with Crippen molar-refractivity contribution in [1.82, 2.24) is 4.90 Å². The van der Waals surface area contributed by atoms with Crippen LogP contribution in [0.2, 0.25) is 0 Å². The lowest BCUT2D eigenvalue weighted by Crippen LogP contribution is -2.29. The third-order valence-electron chi connectivity index (χ3n) is 3.72. The fraction of sp³-hybridized carbons (Fsp3) is 0.400. The summed E-state index contributed by atoms with van der Waals surface area (Å²) in [6, 6.07) is 7.36. The van der Waals surface area contributed by atoms with Gasteiger partial charge in [-0.15, -0.1) is 0 Å². The van der Waals surface area contributed by atoms with E-state index in [1.165, 1.54) is 19.3 Å². The van der Waals surface area contributed by atoms with Crippen LogP contribution in [0.1, 0.15) is 24.8 Å². The van der Waals surface area contributed by atoms with Crippen LogP contribution in [0.5, 0.6) is 5.75 Å². The van der Waals surface area contributed by atoms with Gasteiger partial charge in [-0.05, 0) is 32.0 Å². The van der Waals surface area contributed by atoms with Crippen molar-refractivity contribution in [2.45, 2.75) is 25.8 Å². The second-order valence-electron chi connectivity index (χ2n) is 5.05. The monoisotopic (exact) mass is 259 g/mol. The summed E-state index contributed by atoms with van der Waals surface area (Å²) in [5, 5.41) is 10.8. The van der Waals surface area contributed by atoms with Crippen molar-refractivity contribution in [2.75, 3.05) is 13.1 Å². The molecule has 2 heterocycles. The molecule has 3 rings (SSSR count). The highest BCUT2D eigenvalue weighted by Gasteiger charge is 2.17. The summed E-state index contributed by atoms with van der Waals surface area (Å²) in [6.07, 6.45) is 3.63. The number of hydrogen-bond donors (Lipinski definition) is 1. The van der Waals surface area contributed by atoms with Gasteiger partial charge in [0.05, 0.1) is 0 Å². The van der Waals surface area contributed by atoms with Gasteiger partial charge in [0.25, 0.3) is 0 Å². The standard InChI is InChI=1S/C15H17NO3/c17-14-12(10-16-8-4-1-5-9-16)11-6-2-3-7-13(11)19-15(14)18/h2-3,6-7,17H,1,4-5,8-10H2. The Morgan fingerprint density at radius 1 is 1.16 bits per heavy atom. The largest absolute Gasteiger partial charge is 0.502 e. The second kappa shape index (κ2) is 5.05. The fourth-order valence-corrected chi connectivity index (χ4v) is 2.71. The first-order valence-electron chi connectivity index (χ1n) is 6.72. The first kappa shape index (κ1) is 12.2. The van der Waals surface area contributed by atoms with Crippen molar-refractivity contribution in [2.24, 2.45) is 0 Å². The van der Waals surface area contributed by atoms with Gasteiger partial charge >= 0.3 is 5.63 Å². The number of fused-ring (bicyclic) bond motifs is 1. The summed E-state index contributed by atoms with van der Waals surface area (Å²) in [7, 11) is 0. The molecule has 0 bridgehead atoms. The Morgan fingerprint density at radius 2 is 1.89 bits per heavy atom. The predicted molar refractivity (Wildman–Crippen MR) is 73.3 cm³/mol. The number of nitrogens with zero attached hydrogens (tertiary/aromatic N) is 1. The van der Waals surface area contributed by atoms with Crippen LogP contribution in [-0.4, -0.2) is 23.1 Å². The van der Waals surface area contributed by atoms with E-state index in [9.17, 15) is 9.90 Å². The normalized spacial score (nSPS) is 16.8. The molecule has 0 amide bonds. The highest BCUT2D eigenvalue weighted by atomic mass is 16.4. The zero-order valence-corrected chi connectivity index (χ0v) is 10.8. The first-order chi connectivity index (χ1) is 9.25. The molecule has 1 N–H and O–H groups in total. The van der Waals surface area contributed by atoms with Gasteiger partial charge in [0.15, 0.2) is 0 Å². The zero-order chi connectivity index (χ0) is 13.2. The van der Waals surface area contributed by atoms with Crippen LogP contribution in [0.25, 0.3) is 11.0 Å². The number of benzene rings is 1. The predicted octanol–water partition coefficient (Wildman–Crippen LogP) is 2.48. The lowest BCUT2D eigenvalue weighted by Gasteiger charge is -2.26. The van der Waals surface area contributed by atoms with E-state index < -0.39 is 5.63 Å². The zero-order valence-electron chi connectivity index (χ0n) is 10.8. The van der Waals surface area contributed by atoms with Crippen molar-refractivity contribution in [3.05, 3.63) is 40.2 Å². The number of piperidine rings is 1. The van der Waals surface area contributed by atoms with Gasteiger partial charge in [-0.25, -0.2) is 4.79 Å². The molecule has 19 heavy (non-hydrogen) atoms. The van der Waals surface area contributed by atoms with Crippen LogP contribution in [0.4, 0.5) is 0 Å². The maximum atomic E-state index is 11.7. The summed E-state index contributed by atoms with van der Waals surface area (Å²) < 4.78 is 5.10. The Balaban J connectivity index is 2.05. The lowest BCUT2D eigenvalue weighted by molar-refractivity contribution is 0.218. The fourth-order valence-electron chi connectivity index (χ4n) is 2.71. The molecule has 100 valence electrons. The maximum Gasteiger partial charge on any atom is 0.379 e. The number of likely N-dealkylation sites (tertiary alicyclic amines) is 1. The Hall–Kier alpha value is -1.81. The molecule has 4 heteroatoms. The molecule has 0 saturated carbocycles. The molecule has 0 spiro atoms. The van der Waals surface area contributed by atoms with E-state index in [1.807, 2.05) is 18.2 Å². The van der Waals surface area contributed by atoms with Gasteiger partial charge in [0, 0.05) is 17.5 Å². The van der Waals surface area contributed by atoms with Gasteiger partial charge in [-0.1, -0.05) is 24.6 Å². The topological polar surface area (TPSA) is 53.7 Å². The van der Waals surface area contributed by atoms with E-state index in [4.69, 9.17) is 4.42 Å². The van der Waals surface area contributed by atoms with Crippen LogP contribution < -0.4 is 5.63 Å². The van der Waals surface area contributed by atoms with Crippen LogP contribution in [0.3, 0.4) is 0 Å². The molecule has 1 aromatic heterocycles. The SMILES string of the molecule is O=c1oc2ccccc2c(CN2CCCCC2)c1O. The molecule has 1 aliphatic heterocycles. The van der Waals surface area contributed by atoms with Gasteiger partial charge in [0.2, 0.25) is 5.75 Å². The molecule has 0 aliphatic carbocycles. The van der Waals surface area contributed by atoms with E-state index in [2.05, 4.69) is 4.90 Å². The quantitative estimate of drug-likeness (QED) is 0.842. The minimum absolute atomic E-state index is 0.246. The van der Waals surface area contributed by atoms with Gasteiger partial charge < -0.3 is 9.52 Å². The van der Waals surface area contributed by atoms with E-state index in [-0.39, 0.29) is 5.75 Å². The Morgan fingerprint density at radius 3 is 2.68 bits per heavy atom. The summed E-state index contributed by atoms with van der Waals surface area (Å²) in [5.41, 5.74) is 0.580. The highest BCUT2D eigenvalue weighted by molar-refractivity contribution is 5.81. The average molecular weight is 259 g/mol. The van der Waals surface area contributed by atoms with Crippen LogP contribution in [0, 0.1) is 0 Å². The van der Waals surface area contributed by atoms with E-state index >= 15 is 0 Å². The molecule has 1 aromatic carbocycles. The van der Waals surface area contributed by atoms with Crippen molar-refractivity contribution < 1.29 is 9.52 Å². The summed E-state index contributed by atoms with van der Waals surface area (Å²) in [6.45, 7) is 2.65. The average Bonchev–Trinajstić information content (AvgIpc) is 2.45. The molecule has 0 atom stereocenters. The van der Waals surface area contributed by atoms with Crippen LogP contribution in [-0.2, 0) is 6.54 Å². The lowest BCUT2D eigenvalue weighted by atomic mass is 10.1. The summed E-state index contributed by atoms with van der Waals surface area (Å²) >= 11 is 0. The van der Waals surface area contributed by atoms with Crippen molar-refractivity contribution in [3.8, 4) is 5.75 Å². The number of aromatic hydroxyl groups is 1. The van der Waals surface area contributed by atoms with Gasteiger partial charge in [-0.2, -0.15) is 0 Å². The molecule has 1 saturated heterocycles.